The SMILES string of the molecule is CCn1ccnc(NCC2(O)CCC(C)CC2)c1=O. The van der Waals surface area contributed by atoms with E-state index in [4.69, 9.17) is 0 Å². The summed E-state index contributed by atoms with van der Waals surface area (Å²) in [5.41, 5.74) is -0.828. The fourth-order valence-corrected chi connectivity index (χ4v) is 2.54. The summed E-state index contributed by atoms with van der Waals surface area (Å²) in [5, 5.41) is 13.5. The Morgan fingerprint density at radius 1 is 1.53 bits per heavy atom. The molecule has 2 rings (SSSR count). The van der Waals surface area contributed by atoms with Crippen LogP contribution in [0, 0.1) is 5.92 Å². The van der Waals surface area contributed by atoms with Crippen molar-refractivity contribution in [3.63, 3.8) is 0 Å². The first-order valence-corrected chi connectivity index (χ1v) is 7.06. The van der Waals surface area contributed by atoms with Crippen molar-refractivity contribution >= 4 is 5.82 Å². The van der Waals surface area contributed by atoms with Crippen LogP contribution in [0.2, 0.25) is 0 Å². The molecule has 5 heteroatoms. The third kappa shape index (κ3) is 3.35. The van der Waals surface area contributed by atoms with E-state index < -0.39 is 5.60 Å². The van der Waals surface area contributed by atoms with Crippen molar-refractivity contribution in [1.82, 2.24) is 9.55 Å². The van der Waals surface area contributed by atoms with Gasteiger partial charge >= 0.3 is 0 Å². The molecule has 1 heterocycles. The van der Waals surface area contributed by atoms with Gasteiger partial charge in [0.05, 0.1) is 5.60 Å². The molecule has 0 saturated heterocycles. The molecule has 0 spiro atoms. The second-order valence-corrected chi connectivity index (χ2v) is 5.63. The number of aryl methyl sites for hydroxylation is 1. The molecule has 106 valence electrons. The van der Waals surface area contributed by atoms with Crippen LogP contribution < -0.4 is 10.9 Å². The number of rotatable bonds is 4. The Morgan fingerprint density at radius 2 is 2.21 bits per heavy atom. The lowest BCUT2D eigenvalue weighted by Gasteiger charge is -2.35. The zero-order valence-electron chi connectivity index (χ0n) is 11.7. The normalized spacial score (nSPS) is 27.2. The van der Waals surface area contributed by atoms with Gasteiger partial charge in [-0.2, -0.15) is 0 Å². The van der Waals surface area contributed by atoms with E-state index in [2.05, 4.69) is 17.2 Å². The Morgan fingerprint density at radius 3 is 2.84 bits per heavy atom. The smallest absolute Gasteiger partial charge is 0.293 e. The molecule has 0 radical (unpaired) electrons. The molecular formula is C14H23N3O2. The van der Waals surface area contributed by atoms with Gasteiger partial charge in [-0.05, 0) is 38.5 Å². The van der Waals surface area contributed by atoms with E-state index in [9.17, 15) is 9.90 Å². The topological polar surface area (TPSA) is 67.2 Å². The van der Waals surface area contributed by atoms with Crippen LogP contribution in [0.1, 0.15) is 39.5 Å². The van der Waals surface area contributed by atoms with Gasteiger partial charge in [0.1, 0.15) is 0 Å². The van der Waals surface area contributed by atoms with E-state index in [0.29, 0.717) is 24.8 Å². The first-order valence-electron chi connectivity index (χ1n) is 7.06. The van der Waals surface area contributed by atoms with Gasteiger partial charge in [-0.1, -0.05) is 6.92 Å². The van der Waals surface area contributed by atoms with Crippen LogP contribution in [0.25, 0.3) is 0 Å². The van der Waals surface area contributed by atoms with Crippen molar-refractivity contribution in [2.45, 2.75) is 51.7 Å². The van der Waals surface area contributed by atoms with Gasteiger partial charge in [-0.3, -0.25) is 4.79 Å². The molecule has 0 unspecified atom stereocenters. The molecule has 1 fully saturated rings. The average Bonchev–Trinajstić information content (AvgIpc) is 2.41. The number of nitrogens with one attached hydrogen (secondary N) is 1. The van der Waals surface area contributed by atoms with Gasteiger partial charge in [0.15, 0.2) is 5.82 Å². The van der Waals surface area contributed by atoms with Crippen molar-refractivity contribution in [3.05, 3.63) is 22.7 Å². The Labute approximate surface area is 113 Å². The van der Waals surface area contributed by atoms with E-state index in [0.717, 1.165) is 25.7 Å². The molecule has 1 aliphatic carbocycles. The highest BCUT2D eigenvalue weighted by Crippen LogP contribution is 2.31. The predicted molar refractivity (Wildman–Crippen MR) is 75.2 cm³/mol. The van der Waals surface area contributed by atoms with Gasteiger partial charge in [0, 0.05) is 25.5 Å². The maximum Gasteiger partial charge on any atom is 0.293 e. The summed E-state index contributed by atoms with van der Waals surface area (Å²) < 4.78 is 1.60. The molecule has 5 nitrogen and oxygen atoms in total. The maximum atomic E-state index is 12.0. The van der Waals surface area contributed by atoms with Crippen molar-refractivity contribution in [2.75, 3.05) is 11.9 Å². The zero-order valence-corrected chi connectivity index (χ0v) is 11.7. The molecule has 1 saturated carbocycles. The third-order valence-corrected chi connectivity index (χ3v) is 4.04. The summed E-state index contributed by atoms with van der Waals surface area (Å²) in [7, 11) is 0. The fraction of sp³-hybridized carbons (Fsp3) is 0.714. The molecule has 0 bridgehead atoms. The van der Waals surface area contributed by atoms with E-state index >= 15 is 0 Å². The Kier molecular flexibility index (Phi) is 4.24. The van der Waals surface area contributed by atoms with E-state index in [1.54, 1.807) is 17.0 Å². The summed E-state index contributed by atoms with van der Waals surface area (Å²) >= 11 is 0. The number of hydrogen-bond donors (Lipinski definition) is 2. The second kappa shape index (κ2) is 5.74. The van der Waals surface area contributed by atoms with Gasteiger partial charge in [0.25, 0.3) is 5.56 Å². The Hall–Kier alpha value is -1.36. The van der Waals surface area contributed by atoms with Gasteiger partial charge in [0.2, 0.25) is 0 Å². The fourth-order valence-electron chi connectivity index (χ4n) is 2.54. The molecule has 0 aromatic carbocycles. The van der Waals surface area contributed by atoms with Crippen LogP contribution >= 0.6 is 0 Å². The monoisotopic (exact) mass is 265 g/mol. The lowest BCUT2D eigenvalue weighted by molar-refractivity contribution is 0.00492. The molecular weight excluding hydrogens is 242 g/mol. The first-order chi connectivity index (χ1) is 9.04. The van der Waals surface area contributed by atoms with Crippen molar-refractivity contribution in [3.8, 4) is 0 Å². The summed E-state index contributed by atoms with van der Waals surface area (Å²) in [6.45, 7) is 5.15. The maximum absolute atomic E-state index is 12.0. The standard InChI is InChI=1S/C14H23N3O2/c1-3-17-9-8-15-12(13(17)18)16-10-14(19)6-4-11(2)5-7-14/h8-9,11,19H,3-7,10H2,1-2H3,(H,15,16). The minimum Gasteiger partial charge on any atom is -0.388 e. The van der Waals surface area contributed by atoms with Crippen LogP contribution in [-0.4, -0.2) is 26.8 Å². The lowest BCUT2D eigenvalue weighted by Crippen LogP contribution is -2.41. The Balaban J connectivity index is 2.01. The highest BCUT2D eigenvalue weighted by molar-refractivity contribution is 5.31. The van der Waals surface area contributed by atoms with Crippen LogP contribution in [0.4, 0.5) is 5.82 Å². The third-order valence-electron chi connectivity index (χ3n) is 4.04. The van der Waals surface area contributed by atoms with Crippen molar-refractivity contribution in [1.29, 1.82) is 0 Å². The second-order valence-electron chi connectivity index (χ2n) is 5.63. The van der Waals surface area contributed by atoms with Crippen LogP contribution in [0.3, 0.4) is 0 Å². The van der Waals surface area contributed by atoms with Crippen molar-refractivity contribution < 1.29 is 5.11 Å². The number of hydrogen-bond acceptors (Lipinski definition) is 4. The minimum atomic E-state index is -0.701. The number of nitrogens with zero attached hydrogens (tertiary/aromatic N) is 2. The molecule has 0 atom stereocenters. The zero-order chi connectivity index (χ0) is 13.9. The van der Waals surface area contributed by atoms with Crippen LogP contribution in [0.5, 0.6) is 0 Å². The molecule has 0 amide bonds. The predicted octanol–water partition coefficient (Wildman–Crippen LogP) is 1.62. The number of aliphatic hydroxyl groups is 1. The first kappa shape index (κ1) is 14.1. The highest BCUT2D eigenvalue weighted by atomic mass is 16.3. The Bertz CT molecular complexity index is 476. The summed E-state index contributed by atoms with van der Waals surface area (Å²) in [6, 6.07) is 0. The largest absolute Gasteiger partial charge is 0.388 e. The van der Waals surface area contributed by atoms with Crippen LogP contribution in [0.15, 0.2) is 17.2 Å². The summed E-state index contributed by atoms with van der Waals surface area (Å²) in [4.78, 5) is 16.0. The number of anilines is 1. The molecule has 1 aromatic heterocycles. The number of aromatic nitrogens is 2. The molecule has 0 aliphatic heterocycles. The molecule has 2 N–H and O–H groups in total. The van der Waals surface area contributed by atoms with E-state index in [1.165, 1.54) is 0 Å². The quantitative estimate of drug-likeness (QED) is 0.868. The van der Waals surface area contributed by atoms with Crippen molar-refractivity contribution in [2.24, 2.45) is 5.92 Å². The minimum absolute atomic E-state index is 0.127. The van der Waals surface area contributed by atoms with Gasteiger partial charge < -0.3 is 15.0 Å². The lowest BCUT2D eigenvalue weighted by atomic mass is 9.79. The highest BCUT2D eigenvalue weighted by Gasteiger charge is 2.31. The summed E-state index contributed by atoms with van der Waals surface area (Å²) in [6.07, 6.45) is 6.94. The van der Waals surface area contributed by atoms with Gasteiger partial charge in [-0.15, -0.1) is 0 Å². The van der Waals surface area contributed by atoms with Crippen LogP contribution in [-0.2, 0) is 6.54 Å². The molecule has 19 heavy (non-hydrogen) atoms. The van der Waals surface area contributed by atoms with E-state index in [-0.39, 0.29) is 5.56 Å². The summed E-state index contributed by atoms with van der Waals surface area (Å²) in [5.74, 6) is 1.02. The van der Waals surface area contributed by atoms with Gasteiger partial charge in [-0.25, -0.2) is 4.98 Å². The molecule has 1 aliphatic rings. The molecule has 1 aromatic rings. The average molecular weight is 265 g/mol. The van der Waals surface area contributed by atoms with E-state index in [1.807, 2.05) is 6.92 Å².